The molecule has 0 aliphatic carbocycles. The lowest BCUT2D eigenvalue weighted by Crippen LogP contribution is -2.16. The minimum atomic E-state index is 0.0184. The van der Waals surface area contributed by atoms with Crippen LogP contribution >= 0.6 is 0 Å². The van der Waals surface area contributed by atoms with Gasteiger partial charge in [0.15, 0.2) is 0 Å². The molecule has 0 spiro atoms. The van der Waals surface area contributed by atoms with Crippen LogP contribution in [0.1, 0.15) is 0 Å². The Morgan fingerprint density at radius 3 is 0.214 bits per heavy atom. The summed E-state index contributed by atoms with van der Waals surface area (Å²) in [5.74, 6) is 0. The van der Waals surface area contributed by atoms with Gasteiger partial charge in [0, 0.05) is 0 Å². The molecule has 0 saturated carbocycles. The Morgan fingerprint density at radius 1 is 0.100 bits per heavy atom. The topological polar surface area (TPSA) is 244 Å². The first-order valence-corrected chi connectivity index (χ1v) is 24.8. The maximum absolute atomic E-state index is 8.60. The van der Waals surface area contributed by atoms with Gasteiger partial charge in [0.25, 0.3) is 0 Å². The minimum Gasteiger partial charge on any atom is -0.394 e. The smallest absolute Gasteiger partial charge is 0.0701 e. The van der Waals surface area contributed by atoms with Gasteiger partial charge in [-0.1, -0.05) is 0 Å². The van der Waals surface area contributed by atoms with Crippen molar-refractivity contribution in [2.45, 2.75) is 0 Å². The van der Waals surface area contributed by atoms with Crippen molar-refractivity contribution >= 4 is 0 Å². The van der Waals surface area contributed by atoms with Gasteiger partial charge >= 0.3 is 0 Å². The molecule has 70 heavy (non-hydrogen) atoms. The molecule has 0 aromatic rings. The van der Waals surface area contributed by atoms with E-state index >= 15 is 0 Å². The zero-order valence-electron chi connectivity index (χ0n) is 42.4. The molecule has 0 aliphatic heterocycles. The summed E-state index contributed by atoms with van der Waals surface area (Å²) in [4.78, 5) is 0. The normalized spacial score (nSPS) is 11.7. The van der Waals surface area contributed by atoms with Gasteiger partial charge < -0.3 is 114 Å². The Hall–Kier alpha value is -0.960. The number of rotatable bonds is 67. The van der Waals surface area contributed by atoms with Crippen LogP contribution in [-0.2, 0) is 104 Å². The van der Waals surface area contributed by atoms with Gasteiger partial charge in [-0.15, -0.1) is 0 Å². The highest BCUT2D eigenvalue weighted by atomic mass is 16.6. The summed E-state index contributed by atoms with van der Waals surface area (Å²) >= 11 is 0. The van der Waals surface area contributed by atoms with E-state index in [1.807, 2.05) is 0 Å². The van der Waals surface area contributed by atoms with E-state index in [4.69, 9.17) is 114 Å². The third-order valence-corrected chi connectivity index (χ3v) is 8.28. The van der Waals surface area contributed by atoms with Gasteiger partial charge in [0.1, 0.15) is 0 Å². The molecule has 0 rings (SSSR count). The fourth-order valence-electron chi connectivity index (χ4n) is 4.85. The summed E-state index contributed by atoms with van der Waals surface area (Å²) in [6.45, 7) is 21.2. The van der Waals surface area contributed by atoms with Crippen molar-refractivity contribution in [3.05, 3.63) is 0 Å². The molecule has 0 heterocycles. The van der Waals surface area contributed by atoms with Crippen LogP contribution < -0.4 is 0 Å². The van der Waals surface area contributed by atoms with Crippen LogP contribution in [0.15, 0.2) is 0 Å². The van der Waals surface area contributed by atoms with Crippen LogP contribution in [0.2, 0.25) is 0 Å². The van der Waals surface area contributed by atoms with Crippen molar-refractivity contribution in [1.29, 1.82) is 0 Å². The first-order valence-electron chi connectivity index (χ1n) is 24.8. The van der Waals surface area contributed by atoms with Gasteiger partial charge in [-0.3, -0.25) is 0 Å². The lowest BCUT2D eigenvalue weighted by atomic mass is 10.6. The SMILES string of the molecule is OCCOCCOCCOCCOCCOCCOCCOCCOCCOCCOCCOCCOCCOCCOCCOCCOCCOCCOCCOCCOCCOCCOCCO. The molecule has 0 atom stereocenters. The molecule has 24 nitrogen and oxygen atoms in total. The van der Waals surface area contributed by atoms with Gasteiger partial charge in [-0.25, -0.2) is 0 Å². The lowest BCUT2D eigenvalue weighted by Gasteiger charge is -2.09. The number of aliphatic hydroxyl groups excluding tert-OH is 2. The second kappa shape index (κ2) is 68.0. The fraction of sp³-hybridized carbons (Fsp3) is 1.00. The predicted octanol–water partition coefficient (Wildman–Crippen LogP) is -0.664. The molecule has 0 radical (unpaired) electrons. The maximum Gasteiger partial charge on any atom is 0.0701 e. The number of hydrogen-bond acceptors (Lipinski definition) is 24. The molecule has 0 fully saturated rings. The summed E-state index contributed by atoms with van der Waals surface area (Å²) in [6.07, 6.45) is 0. The molecule has 0 saturated heterocycles. The molecule has 0 amide bonds. The molecule has 24 heteroatoms. The minimum absolute atomic E-state index is 0.0184. The third kappa shape index (κ3) is 67.0. The van der Waals surface area contributed by atoms with Gasteiger partial charge in [0.05, 0.1) is 304 Å². The quantitative estimate of drug-likeness (QED) is 0.0719. The van der Waals surface area contributed by atoms with E-state index in [9.17, 15) is 0 Å². The van der Waals surface area contributed by atoms with Crippen molar-refractivity contribution in [2.75, 3.05) is 304 Å². The van der Waals surface area contributed by atoms with Gasteiger partial charge in [-0.05, 0) is 0 Å². The van der Waals surface area contributed by atoms with Crippen molar-refractivity contribution in [2.24, 2.45) is 0 Å². The van der Waals surface area contributed by atoms with E-state index in [-0.39, 0.29) is 13.2 Å². The molecule has 0 bridgehead atoms. The van der Waals surface area contributed by atoms with E-state index in [1.165, 1.54) is 0 Å². The van der Waals surface area contributed by atoms with E-state index in [0.29, 0.717) is 291 Å². The highest BCUT2D eigenvalue weighted by molar-refractivity contribution is 4.42. The van der Waals surface area contributed by atoms with E-state index < -0.39 is 0 Å². The zero-order valence-corrected chi connectivity index (χ0v) is 42.4. The van der Waals surface area contributed by atoms with Crippen molar-refractivity contribution < 1.29 is 114 Å². The Labute approximate surface area is 417 Å². The Balaban J connectivity index is 3.07. The molecular weight excluding hydrogens is 936 g/mol. The second-order valence-electron chi connectivity index (χ2n) is 13.9. The van der Waals surface area contributed by atoms with Crippen molar-refractivity contribution in [3.8, 4) is 0 Å². The Morgan fingerprint density at radius 2 is 0.157 bits per heavy atom. The first-order chi connectivity index (χ1) is 34.9. The Kier molecular flexibility index (Phi) is 67.1. The molecule has 0 unspecified atom stereocenters. The highest BCUT2D eigenvalue weighted by Gasteiger charge is 1.99. The standard InChI is InChI=1S/C46H94O24/c47-1-3-49-5-7-51-9-11-53-13-15-55-17-19-57-21-23-59-25-27-61-29-31-63-33-35-65-37-39-67-41-43-69-45-46-70-44-42-68-40-38-66-36-34-64-32-30-62-28-26-60-24-22-58-20-18-56-16-14-54-12-10-52-8-6-50-4-2-48/h47-48H,1-46H2. The van der Waals surface area contributed by atoms with Crippen LogP contribution in [0, 0.1) is 0 Å². The summed E-state index contributed by atoms with van der Waals surface area (Å²) < 4.78 is 120. The second-order valence-corrected chi connectivity index (χ2v) is 13.9. The average Bonchev–Trinajstić information content (AvgIpc) is 3.37. The average molecular weight is 1030 g/mol. The van der Waals surface area contributed by atoms with Crippen LogP contribution in [-0.4, -0.2) is 314 Å². The van der Waals surface area contributed by atoms with Crippen LogP contribution in [0.5, 0.6) is 0 Å². The molecule has 0 aromatic heterocycles. The molecule has 0 aromatic carbocycles. The molecule has 2 N–H and O–H groups in total. The van der Waals surface area contributed by atoms with Crippen LogP contribution in [0.3, 0.4) is 0 Å². The first kappa shape index (κ1) is 69.0. The summed E-state index contributed by atoms with van der Waals surface area (Å²) in [5, 5.41) is 17.2. The fourth-order valence-corrected chi connectivity index (χ4v) is 4.85. The maximum atomic E-state index is 8.60. The molecular formula is C46H94O24. The molecule has 0 aliphatic rings. The van der Waals surface area contributed by atoms with E-state index in [1.54, 1.807) is 0 Å². The zero-order chi connectivity index (χ0) is 50.1. The summed E-state index contributed by atoms with van der Waals surface area (Å²) in [6, 6.07) is 0. The van der Waals surface area contributed by atoms with Crippen molar-refractivity contribution in [3.63, 3.8) is 0 Å². The van der Waals surface area contributed by atoms with Gasteiger partial charge in [0.2, 0.25) is 0 Å². The predicted molar refractivity (Wildman–Crippen MR) is 252 cm³/mol. The van der Waals surface area contributed by atoms with E-state index in [0.717, 1.165) is 0 Å². The number of ether oxygens (including phenoxy) is 22. The largest absolute Gasteiger partial charge is 0.394 e. The summed E-state index contributed by atoms with van der Waals surface area (Å²) in [7, 11) is 0. The van der Waals surface area contributed by atoms with Crippen LogP contribution in [0.25, 0.3) is 0 Å². The Bertz CT molecular complexity index is 825. The third-order valence-electron chi connectivity index (χ3n) is 8.28. The van der Waals surface area contributed by atoms with E-state index in [2.05, 4.69) is 0 Å². The van der Waals surface area contributed by atoms with Gasteiger partial charge in [-0.2, -0.15) is 0 Å². The summed E-state index contributed by atoms with van der Waals surface area (Å²) in [5.41, 5.74) is 0. The number of hydrogen-bond donors (Lipinski definition) is 2. The monoisotopic (exact) mass is 1030 g/mol. The van der Waals surface area contributed by atoms with Crippen molar-refractivity contribution in [1.82, 2.24) is 0 Å². The lowest BCUT2D eigenvalue weighted by molar-refractivity contribution is -0.0318. The molecule has 422 valence electrons. The highest BCUT2D eigenvalue weighted by Crippen LogP contribution is 1.90. The van der Waals surface area contributed by atoms with Crippen LogP contribution in [0.4, 0.5) is 0 Å². The number of aliphatic hydroxyl groups is 2.